The van der Waals surface area contributed by atoms with E-state index in [1.54, 1.807) is 0 Å². The molecule has 0 bridgehead atoms. The highest BCUT2D eigenvalue weighted by atomic mass is 79.9. The van der Waals surface area contributed by atoms with Crippen LogP contribution in [0.3, 0.4) is 0 Å². The molecule has 0 aliphatic carbocycles. The summed E-state index contributed by atoms with van der Waals surface area (Å²) in [6.45, 7) is 9.41. The van der Waals surface area contributed by atoms with Crippen molar-refractivity contribution < 1.29 is 0 Å². The molecule has 1 atom stereocenters. The highest BCUT2D eigenvalue weighted by molar-refractivity contribution is 9.10. The van der Waals surface area contributed by atoms with Crippen LogP contribution in [-0.4, -0.2) is 12.1 Å². The van der Waals surface area contributed by atoms with Gasteiger partial charge in [0.25, 0.3) is 0 Å². The third-order valence-electron chi connectivity index (χ3n) is 4.17. The lowest BCUT2D eigenvalue weighted by Gasteiger charge is -2.31. The van der Waals surface area contributed by atoms with Crippen LogP contribution in [0.2, 0.25) is 0 Å². The van der Waals surface area contributed by atoms with Crippen molar-refractivity contribution in [3.8, 4) is 0 Å². The van der Waals surface area contributed by atoms with E-state index < -0.39 is 0 Å². The number of halogens is 1. The van der Waals surface area contributed by atoms with Crippen LogP contribution in [0.4, 0.5) is 5.69 Å². The Morgan fingerprint density at radius 3 is 2.19 bits per heavy atom. The Morgan fingerprint density at radius 2 is 1.67 bits per heavy atom. The van der Waals surface area contributed by atoms with Crippen LogP contribution in [0.15, 0.2) is 16.6 Å². The standard InChI is InChI=1S/C18H31BrN2/c1-5-6-7-8-9-10-18(4,13-20)21-16-11-14(2)17(19)15(3)12-16/h11-12,21H,5-10,13,20H2,1-4H3. The monoisotopic (exact) mass is 354 g/mol. The third kappa shape index (κ3) is 5.99. The van der Waals surface area contributed by atoms with E-state index in [0.717, 1.165) is 6.42 Å². The summed E-state index contributed by atoms with van der Waals surface area (Å²) < 4.78 is 1.20. The van der Waals surface area contributed by atoms with E-state index in [4.69, 9.17) is 5.73 Å². The SMILES string of the molecule is CCCCCCCC(C)(CN)Nc1cc(C)c(Br)c(C)c1. The lowest BCUT2D eigenvalue weighted by Crippen LogP contribution is -2.42. The zero-order chi connectivity index (χ0) is 15.9. The summed E-state index contributed by atoms with van der Waals surface area (Å²) in [4.78, 5) is 0. The van der Waals surface area contributed by atoms with E-state index >= 15 is 0 Å². The van der Waals surface area contributed by atoms with E-state index in [0.29, 0.717) is 6.54 Å². The quantitative estimate of drug-likeness (QED) is 0.570. The lowest BCUT2D eigenvalue weighted by molar-refractivity contribution is 0.449. The van der Waals surface area contributed by atoms with Gasteiger partial charge >= 0.3 is 0 Å². The molecule has 120 valence electrons. The normalized spacial score (nSPS) is 14.0. The summed E-state index contributed by atoms with van der Waals surface area (Å²) in [5, 5.41) is 3.66. The molecular weight excluding hydrogens is 324 g/mol. The molecule has 3 heteroatoms. The largest absolute Gasteiger partial charge is 0.379 e. The molecule has 1 unspecified atom stereocenters. The highest BCUT2D eigenvalue weighted by Gasteiger charge is 2.22. The van der Waals surface area contributed by atoms with Crippen molar-refractivity contribution in [2.45, 2.75) is 71.8 Å². The van der Waals surface area contributed by atoms with Crippen molar-refractivity contribution in [1.29, 1.82) is 0 Å². The van der Waals surface area contributed by atoms with E-state index in [1.165, 1.54) is 53.4 Å². The minimum Gasteiger partial charge on any atom is -0.379 e. The first-order chi connectivity index (χ1) is 9.91. The predicted molar refractivity (Wildman–Crippen MR) is 98.1 cm³/mol. The number of anilines is 1. The molecule has 0 saturated carbocycles. The van der Waals surface area contributed by atoms with Gasteiger partial charge < -0.3 is 11.1 Å². The van der Waals surface area contributed by atoms with Gasteiger partial charge in [0.2, 0.25) is 0 Å². The molecule has 3 N–H and O–H groups in total. The molecule has 2 nitrogen and oxygen atoms in total. The lowest BCUT2D eigenvalue weighted by atomic mass is 9.93. The molecule has 0 aliphatic heterocycles. The van der Waals surface area contributed by atoms with Gasteiger partial charge in [0, 0.05) is 22.2 Å². The zero-order valence-electron chi connectivity index (χ0n) is 14.1. The summed E-state index contributed by atoms with van der Waals surface area (Å²) in [5.41, 5.74) is 9.72. The Morgan fingerprint density at radius 1 is 1.10 bits per heavy atom. The summed E-state index contributed by atoms with van der Waals surface area (Å²) in [6.07, 6.45) is 7.66. The molecule has 0 spiro atoms. The number of rotatable bonds is 9. The maximum absolute atomic E-state index is 6.03. The Hall–Kier alpha value is -0.540. The fourth-order valence-corrected chi connectivity index (χ4v) is 2.93. The summed E-state index contributed by atoms with van der Waals surface area (Å²) >= 11 is 3.62. The van der Waals surface area contributed by atoms with E-state index in [-0.39, 0.29) is 5.54 Å². The second kappa shape index (κ2) is 8.79. The molecule has 0 amide bonds. The molecule has 1 rings (SSSR count). The maximum Gasteiger partial charge on any atom is 0.0467 e. The molecule has 1 aromatic rings. The van der Waals surface area contributed by atoms with E-state index in [2.05, 4.69) is 61.1 Å². The van der Waals surface area contributed by atoms with Gasteiger partial charge in [-0.1, -0.05) is 55.0 Å². The molecule has 0 heterocycles. The van der Waals surface area contributed by atoms with Crippen LogP contribution < -0.4 is 11.1 Å². The van der Waals surface area contributed by atoms with Gasteiger partial charge in [-0.2, -0.15) is 0 Å². The number of unbranched alkanes of at least 4 members (excludes halogenated alkanes) is 4. The minimum absolute atomic E-state index is 0.0150. The molecule has 0 fully saturated rings. The number of hydrogen-bond donors (Lipinski definition) is 2. The van der Waals surface area contributed by atoms with Crippen LogP contribution in [0.5, 0.6) is 0 Å². The van der Waals surface area contributed by atoms with Crippen molar-refractivity contribution in [2.75, 3.05) is 11.9 Å². The van der Waals surface area contributed by atoms with Gasteiger partial charge in [0.1, 0.15) is 0 Å². The molecule has 0 aliphatic rings. The average Bonchev–Trinajstić information content (AvgIpc) is 2.44. The third-order valence-corrected chi connectivity index (χ3v) is 5.42. The Balaban J connectivity index is 2.63. The molecule has 21 heavy (non-hydrogen) atoms. The van der Waals surface area contributed by atoms with Gasteiger partial charge in [-0.3, -0.25) is 0 Å². The fraction of sp³-hybridized carbons (Fsp3) is 0.667. The second-order valence-electron chi connectivity index (χ2n) is 6.48. The van der Waals surface area contributed by atoms with Crippen LogP contribution in [0.1, 0.15) is 63.5 Å². The molecule has 0 aromatic heterocycles. The molecule has 0 saturated heterocycles. The van der Waals surface area contributed by atoms with Gasteiger partial charge in [0.05, 0.1) is 0 Å². The first-order valence-electron chi connectivity index (χ1n) is 8.17. The second-order valence-corrected chi connectivity index (χ2v) is 7.27. The van der Waals surface area contributed by atoms with Gasteiger partial charge in [-0.05, 0) is 50.5 Å². The van der Waals surface area contributed by atoms with Gasteiger partial charge in [-0.15, -0.1) is 0 Å². The number of hydrogen-bond acceptors (Lipinski definition) is 2. The topological polar surface area (TPSA) is 38.0 Å². The zero-order valence-corrected chi connectivity index (χ0v) is 15.6. The number of aryl methyl sites for hydroxylation is 2. The predicted octanol–water partition coefficient (Wildman–Crippen LogP) is 5.56. The van der Waals surface area contributed by atoms with Crippen molar-refractivity contribution in [3.63, 3.8) is 0 Å². The number of nitrogens with one attached hydrogen (secondary N) is 1. The fourth-order valence-electron chi connectivity index (χ4n) is 2.70. The van der Waals surface area contributed by atoms with Crippen molar-refractivity contribution in [3.05, 3.63) is 27.7 Å². The Kier molecular flexibility index (Phi) is 7.75. The number of benzene rings is 1. The van der Waals surface area contributed by atoms with Crippen LogP contribution in [0, 0.1) is 13.8 Å². The van der Waals surface area contributed by atoms with E-state index in [1.807, 2.05) is 0 Å². The van der Waals surface area contributed by atoms with Crippen molar-refractivity contribution >= 4 is 21.6 Å². The summed E-state index contributed by atoms with van der Waals surface area (Å²) in [6, 6.07) is 4.39. The molecule has 0 radical (unpaired) electrons. The van der Waals surface area contributed by atoms with Gasteiger partial charge in [0.15, 0.2) is 0 Å². The van der Waals surface area contributed by atoms with Crippen LogP contribution >= 0.6 is 15.9 Å². The smallest absolute Gasteiger partial charge is 0.0467 e. The summed E-state index contributed by atoms with van der Waals surface area (Å²) in [7, 11) is 0. The first kappa shape index (κ1) is 18.5. The van der Waals surface area contributed by atoms with Crippen LogP contribution in [-0.2, 0) is 0 Å². The number of nitrogens with two attached hydrogens (primary N) is 1. The van der Waals surface area contributed by atoms with Crippen molar-refractivity contribution in [2.24, 2.45) is 5.73 Å². The summed E-state index contributed by atoms with van der Waals surface area (Å²) in [5.74, 6) is 0. The molecule has 1 aromatic carbocycles. The van der Waals surface area contributed by atoms with Crippen LogP contribution in [0.25, 0.3) is 0 Å². The molecular formula is C18H31BrN2. The average molecular weight is 355 g/mol. The Labute approximate surface area is 139 Å². The first-order valence-corrected chi connectivity index (χ1v) is 8.96. The van der Waals surface area contributed by atoms with E-state index in [9.17, 15) is 0 Å². The van der Waals surface area contributed by atoms with Gasteiger partial charge in [-0.25, -0.2) is 0 Å². The Bertz CT molecular complexity index is 422. The minimum atomic E-state index is -0.0150. The van der Waals surface area contributed by atoms with Crippen molar-refractivity contribution in [1.82, 2.24) is 0 Å². The highest BCUT2D eigenvalue weighted by Crippen LogP contribution is 2.28. The maximum atomic E-state index is 6.03.